The van der Waals surface area contributed by atoms with Crippen LogP contribution in [0.4, 0.5) is 0 Å². The molecule has 0 radical (unpaired) electrons. The number of carbonyl (C=O) groups is 3. The second kappa shape index (κ2) is 6.85. The van der Waals surface area contributed by atoms with Crippen LogP contribution in [0.5, 0.6) is 0 Å². The lowest BCUT2D eigenvalue weighted by atomic mass is 10.1. The third-order valence-corrected chi connectivity index (χ3v) is 3.44. The van der Waals surface area contributed by atoms with E-state index in [2.05, 4.69) is 5.32 Å². The highest BCUT2D eigenvalue weighted by atomic mass is 32.1. The van der Waals surface area contributed by atoms with E-state index in [-0.39, 0.29) is 24.3 Å². The van der Waals surface area contributed by atoms with Gasteiger partial charge in [-0.15, -0.1) is 0 Å². The van der Waals surface area contributed by atoms with Gasteiger partial charge < -0.3 is 15.5 Å². The first kappa shape index (κ1) is 15.9. The Morgan fingerprint density at radius 1 is 1.40 bits per heavy atom. The Kier molecular flexibility index (Phi) is 5.44. The van der Waals surface area contributed by atoms with Gasteiger partial charge in [0.15, 0.2) is 0 Å². The van der Waals surface area contributed by atoms with Gasteiger partial charge >= 0.3 is 16.8 Å². The highest BCUT2D eigenvalue weighted by Crippen LogP contribution is 2.01. The summed E-state index contributed by atoms with van der Waals surface area (Å²) in [7, 11) is 0. The molecule has 0 saturated heterocycles. The van der Waals surface area contributed by atoms with Crippen LogP contribution in [0.3, 0.4) is 0 Å². The molecule has 0 unspecified atom stereocenters. The van der Waals surface area contributed by atoms with Crippen LogP contribution in [0.1, 0.15) is 18.5 Å². The van der Waals surface area contributed by atoms with Gasteiger partial charge in [0.05, 0.1) is 0 Å². The molecule has 1 heterocycles. The number of hydrogen-bond donors (Lipinski definition) is 3. The molecule has 8 nitrogen and oxygen atoms in total. The van der Waals surface area contributed by atoms with Gasteiger partial charge in [-0.2, -0.15) is 0 Å². The molecular formula is C11H14N2O6S. The Bertz CT molecular complexity index is 576. The highest BCUT2D eigenvalue weighted by molar-refractivity contribution is 7.07. The normalized spacial score (nSPS) is 11.8. The molecule has 0 aliphatic heterocycles. The summed E-state index contributed by atoms with van der Waals surface area (Å²) in [6.07, 6.45) is -0.581. The van der Waals surface area contributed by atoms with Gasteiger partial charge in [-0.25, -0.2) is 4.79 Å². The van der Waals surface area contributed by atoms with Crippen LogP contribution in [0.15, 0.2) is 10.2 Å². The van der Waals surface area contributed by atoms with Gasteiger partial charge in [-0.3, -0.25) is 19.0 Å². The lowest BCUT2D eigenvalue weighted by Crippen LogP contribution is -2.43. The van der Waals surface area contributed by atoms with E-state index < -0.39 is 23.9 Å². The molecule has 3 N–H and O–H groups in total. The van der Waals surface area contributed by atoms with Crippen molar-refractivity contribution in [3.63, 3.8) is 0 Å². The lowest BCUT2D eigenvalue weighted by molar-refractivity contribution is -0.143. The minimum Gasteiger partial charge on any atom is -0.481 e. The average Bonchev–Trinajstić information content (AvgIpc) is 2.65. The van der Waals surface area contributed by atoms with Gasteiger partial charge in [-0.05, 0) is 13.3 Å². The maximum absolute atomic E-state index is 11.7. The second-order valence-electron chi connectivity index (χ2n) is 4.12. The largest absolute Gasteiger partial charge is 0.481 e. The van der Waals surface area contributed by atoms with Crippen LogP contribution in [0.2, 0.25) is 0 Å². The molecule has 0 spiro atoms. The molecule has 20 heavy (non-hydrogen) atoms. The van der Waals surface area contributed by atoms with Crippen molar-refractivity contribution in [2.24, 2.45) is 0 Å². The van der Waals surface area contributed by atoms with E-state index in [1.807, 2.05) is 0 Å². The van der Waals surface area contributed by atoms with E-state index >= 15 is 0 Å². The van der Waals surface area contributed by atoms with Gasteiger partial charge in [-0.1, -0.05) is 11.3 Å². The molecule has 0 aromatic carbocycles. The molecular weight excluding hydrogens is 288 g/mol. The molecule has 9 heteroatoms. The summed E-state index contributed by atoms with van der Waals surface area (Å²) >= 11 is 0.946. The fraction of sp³-hybridized carbons (Fsp3) is 0.455. The van der Waals surface area contributed by atoms with Crippen molar-refractivity contribution in [1.82, 2.24) is 9.88 Å². The maximum atomic E-state index is 11.7. The first-order chi connectivity index (χ1) is 9.31. The van der Waals surface area contributed by atoms with Crippen LogP contribution in [-0.4, -0.2) is 38.7 Å². The number of nitrogens with one attached hydrogen (secondary N) is 1. The van der Waals surface area contributed by atoms with Crippen LogP contribution in [0.25, 0.3) is 0 Å². The summed E-state index contributed by atoms with van der Waals surface area (Å²) in [5.41, 5.74) is 0.604. The number of aromatic nitrogens is 1. The molecule has 0 saturated carbocycles. The number of nitrogens with zero attached hydrogens (tertiary/aromatic N) is 1. The number of carboxylic acid groups (broad SMARTS) is 2. The van der Waals surface area contributed by atoms with E-state index in [0.29, 0.717) is 5.69 Å². The zero-order chi connectivity index (χ0) is 15.3. The number of thiazole rings is 1. The summed E-state index contributed by atoms with van der Waals surface area (Å²) in [6, 6.07) is -1.28. The van der Waals surface area contributed by atoms with Crippen LogP contribution >= 0.6 is 11.3 Å². The minimum atomic E-state index is -1.31. The van der Waals surface area contributed by atoms with Crippen LogP contribution in [-0.2, 0) is 20.9 Å². The smallest absolute Gasteiger partial charge is 0.326 e. The molecule has 1 rings (SSSR count). The average molecular weight is 302 g/mol. The fourth-order valence-electron chi connectivity index (χ4n) is 1.50. The standard InChI is InChI=1S/C11H14N2O6S/c1-6-5-20-11(19)13(6)4-8(14)12-7(10(17)18)2-3-9(15)16/h5,7H,2-4H2,1H3,(H,12,14)(H,15,16)(H,17,18)/t7-/m0/s1. The molecule has 0 aliphatic carbocycles. The van der Waals surface area contributed by atoms with E-state index in [0.717, 1.165) is 11.3 Å². The Morgan fingerprint density at radius 3 is 2.50 bits per heavy atom. The molecule has 0 aliphatic rings. The van der Waals surface area contributed by atoms with Gasteiger partial charge in [0.2, 0.25) is 5.91 Å². The maximum Gasteiger partial charge on any atom is 0.326 e. The van der Waals surface area contributed by atoms with Crippen LogP contribution in [0, 0.1) is 6.92 Å². The number of rotatable bonds is 7. The number of carboxylic acids is 2. The van der Waals surface area contributed by atoms with Gasteiger partial charge in [0.25, 0.3) is 0 Å². The van der Waals surface area contributed by atoms with Crippen molar-refractivity contribution in [3.05, 3.63) is 20.7 Å². The third kappa shape index (κ3) is 4.50. The Balaban J connectivity index is 2.65. The minimum absolute atomic E-state index is 0.214. The molecule has 110 valence electrons. The third-order valence-electron chi connectivity index (χ3n) is 2.56. The SMILES string of the molecule is Cc1csc(=O)n1CC(=O)N[C@@H](CCC(=O)O)C(=O)O. The molecule has 0 bridgehead atoms. The number of aliphatic carboxylic acids is 2. The van der Waals surface area contributed by atoms with Crippen molar-refractivity contribution in [2.75, 3.05) is 0 Å². The Labute approximate surface area is 117 Å². The van der Waals surface area contributed by atoms with E-state index in [1.165, 1.54) is 4.57 Å². The summed E-state index contributed by atoms with van der Waals surface area (Å²) < 4.78 is 1.22. The first-order valence-corrected chi connectivity index (χ1v) is 6.58. The van der Waals surface area contributed by atoms with Crippen molar-refractivity contribution < 1.29 is 24.6 Å². The summed E-state index contributed by atoms with van der Waals surface area (Å²) in [5, 5.41) is 21.2. The topological polar surface area (TPSA) is 126 Å². The molecule has 1 atom stereocenters. The Morgan fingerprint density at radius 2 is 2.05 bits per heavy atom. The number of carbonyl (C=O) groups excluding carboxylic acids is 1. The Hall–Kier alpha value is -2.16. The van der Waals surface area contributed by atoms with Gasteiger partial charge in [0.1, 0.15) is 12.6 Å². The van der Waals surface area contributed by atoms with Crippen molar-refractivity contribution in [2.45, 2.75) is 32.4 Å². The summed E-state index contributed by atoms with van der Waals surface area (Å²) in [5.74, 6) is -3.10. The molecule has 1 aromatic rings. The number of aryl methyl sites for hydroxylation is 1. The quantitative estimate of drug-likeness (QED) is 0.632. The summed E-state index contributed by atoms with van der Waals surface area (Å²) in [4.78, 5) is 44.1. The highest BCUT2D eigenvalue weighted by Gasteiger charge is 2.21. The zero-order valence-corrected chi connectivity index (χ0v) is 11.5. The lowest BCUT2D eigenvalue weighted by Gasteiger charge is -2.14. The van der Waals surface area contributed by atoms with E-state index in [1.54, 1.807) is 12.3 Å². The van der Waals surface area contributed by atoms with Gasteiger partial charge in [0, 0.05) is 17.5 Å². The van der Waals surface area contributed by atoms with E-state index in [4.69, 9.17) is 10.2 Å². The van der Waals surface area contributed by atoms with Crippen molar-refractivity contribution in [3.8, 4) is 0 Å². The molecule has 0 fully saturated rings. The monoisotopic (exact) mass is 302 g/mol. The zero-order valence-electron chi connectivity index (χ0n) is 10.7. The van der Waals surface area contributed by atoms with Crippen LogP contribution < -0.4 is 10.2 Å². The first-order valence-electron chi connectivity index (χ1n) is 5.70. The van der Waals surface area contributed by atoms with Crippen molar-refractivity contribution in [1.29, 1.82) is 0 Å². The molecule has 1 aromatic heterocycles. The molecule has 1 amide bonds. The van der Waals surface area contributed by atoms with E-state index in [9.17, 15) is 19.2 Å². The predicted molar refractivity (Wildman–Crippen MR) is 69.8 cm³/mol. The fourth-order valence-corrected chi connectivity index (χ4v) is 2.24. The number of hydrogen-bond acceptors (Lipinski definition) is 5. The number of amides is 1. The second-order valence-corrected chi connectivity index (χ2v) is 4.94. The summed E-state index contributed by atoms with van der Waals surface area (Å²) in [6.45, 7) is 1.37. The predicted octanol–water partition coefficient (Wildman–Crippen LogP) is -0.348. The van der Waals surface area contributed by atoms with Crippen molar-refractivity contribution >= 4 is 29.2 Å².